The molecule has 1 aromatic heterocycles. The lowest BCUT2D eigenvalue weighted by Crippen LogP contribution is -2.24. The van der Waals surface area contributed by atoms with Crippen molar-refractivity contribution in [1.82, 2.24) is 15.5 Å². The first-order chi connectivity index (χ1) is 9.33. The van der Waals surface area contributed by atoms with Crippen molar-refractivity contribution in [2.75, 3.05) is 13.7 Å². The van der Waals surface area contributed by atoms with Crippen LogP contribution in [0.4, 0.5) is 0 Å². The van der Waals surface area contributed by atoms with E-state index < -0.39 is 0 Å². The van der Waals surface area contributed by atoms with Gasteiger partial charge in [-0.1, -0.05) is 37.3 Å². The van der Waals surface area contributed by atoms with Gasteiger partial charge in [-0.15, -0.1) is 5.10 Å². The molecule has 4 nitrogen and oxygen atoms in total. The highest BCUT2D eigenvalue weighted by atomic mass is 16.5. The van der Waals surface area contributed by atoms with Gasteiger partial charge in [-0.3, -0.25) is 0 Å². The van der Waals surface area contributed by atoms with E-state index >= 15 is 0 Å². The Kier molecular flexibility index (Phi) is 4.86. The molecule has 0 spiro atoms. The molecule has 2 aromatic rings. The van der Waals surface area contributed by atoms with E-state index in [2.05, 4.69) is 46.7 Å². The van der Waals surface area contributed by atoms with Crippen LogP contribution in [-0.4, -0.2) is 23.9 Å². The largest absolute Gasteiger partial charge is 0.480 e. The monoisotopic (exact) mass is 257 g/mol. The number of rotatable bonds is 6. The molecular weight excluding hydrogens is 238 g/mol. The zero-order valence-electron chi connectivity index (χ0n) is 11.3. The molecule has 0 aliphatic heterocycles. The topological polar surface area (TPSA) is 47.0 Å². The van der Waals surface area contributed by atoms with Crippen LogP contribution in [-0.2, 0) is 6.42 Å². The van der Waals surface area contributed by atoms with Crippen molar-refractivity contribution in [3.05, 3.63) is 53.7 Å². The normalized spacial score (nSPS) is 12.1. The zero-order valence-corrected chi connectivity index (χ0v) is 11.3. The Balaban J connectivity index is 2.14. The number of benzene rings is 1. The molecule has 1 heterocycles. The van der Waals surface area contributed by atoms with Gasteiger partial charge < -0.3 is 10.1 Å². The first kappa shape index (κ1) is 13.5. The fraction of sp³-hybridized carbons (Fsp3) is 0.333. The SMILES string of the molecule is CCNC(Cc1ccccc1)c1ccc(OC)nn1. The van der Waals surface area contributed by atoms with Crippen molar-refractivity contribution < 1.29 is 4.74 Å². The minimum atomic E-state index is 0.172. The average Bonchev–Trinajstić information content (AvgIpc) is 2.48. The Morgan fingerprint density at radius 2 is 1.89 bits per heavy atom. The second kappa shape index (κ2) is 6.85. The first-order valence-corrected chi connectivity index (χ1v) is 6.48. The van der Waals surface area contributed by atoms with Crippen molar-refractivity contribution in [1.29, 1.82) is 0 Å². The third-order valence-electron chi connectivity index (χ3n) is 2.96. The molecule has 1 aromatic carbocycles. The number of methoxy groups -OCH3 is 1. The summed E-state index contributed by atoms with van der Waals surface area (Å²) < 4.78 is 5.03. The van der Waals surface area contributed by atoms with Gasteiger partial charge in [0.05, 0.1) is 18.8 Å². The van der Waals surface area contributed by atoms with E-state index in [0.29, 0.717) is 5.88 Å². The summed E-state index contributed by atoms with van der Waals surface area (Å²) in [5.74, 6) is 0.540. The third kappa shape index (κ3) is 3.76. The maximum Gasteiger partial charge on any atom is 0.233 e. The van der Waals surface area contributed by atoms with Gasteiger partial charge in [0.2, 0.25) is 5.88 Å². The molecule has 0 aliphatic carbocycles. The van der Waals surface area contributed by atoms with Crippen LogP contribution in [0.3, 0.4) is 0 Å². The van der Waals surface area contributed by atoms with Crippen molar-refractivity contribution >= 4 is 0 Å². The Morgan fingerprint density at radius 1 is 1.11 bits per heavy atom. The molecule has 2 rings (SSSR count). The predicted molar refractivity (Wildman–Crippen MR) is 75.1 cm³/mol. The molecule has 0 fully saturated rings. The number of aromatic nitrogens is 2. The molecule has 1 atom stereocenters. The van der Waals surface area contributed by atoms with E-state index in [1.54, 1.807) is 7.11 Å². The summed E-state index contributed by atoms with van der Waals surface area (Å²) in [4.78, 5) is 0. The highest BCUT2D eigenvalue weighted by Gasteiger charge is 2.13. The lowest BCUT2D eigenvalue weighted by molar-refractivity contribution is 0.389. The second-order valence-electron chi connectivity index (χ2n) is 4.30. The number of ether oxygens (including phenoxy) is 1. The van der Waals surface area contributed by atoms with Gasteiger partial charge in [-0.05, 0) is 24.6 Å². The highest BCUT2D eigenvalue weighted by Crippen LogP contribution is 2.17. The Morgan fingerprint density at radius 3 is 2.47 bits per heavy atom. The Labute approximate surface area is 113 Å². The molecule has 0 amide bonds. The van der Waals surface area contributed by atoms with Crippen molar-refractivity contribution in [2.45, 2.75) is 19.4 Å². The van der Waals surface area contributed by atoms with Gasteiger partial charge >= 0.3 is 0 Å². The number of likely N-dealkylation sites (N-methyl/N-ethyl adjacent to an activating group) is 1. The summed E-state index contributed by atoms with van der Waals surface area (Å²) in [6, 6.07) is 14.4. The molecule has 0 radical (unpaired) electrons. The number of hydrogen-bond acceptors (Lipinski definition) is 4. The number of hydrogen-bond donors (Lipinski definition) is 1. The third-order valence-corrected chi connectivity index (χ3v) is 2.96. The fourth-order valence-electron chi connectivity index (χ4n) is 2.00. The molecule has 1 N–H and O–H groups in total. The summed E-state index contributed by atoms with van der Waals surface area (Å²) in [6.07, 6.45) is 0.899. The second-order valence-corrected chi connectivity index (χ2v) is 4.30. The standard InChI is InChI=1S/C15H19N3O/c1-3-16-14(11-12-7-5-4-6-8-12)13-9-10-15(19-2)18-17-13/h4-10,14,16H,3,11H2,1-2H3. The van der Waals surface area contributed by atoms with Crippen molar-refractivity contribution in [3.63, 3.8) is 0 Å². The van der Waals surface area contributed by atoms with E-state index in [9.17, 15) is 0 Å². The quantitative estimate of drug-likeness (QED) is 0.863. The summed E-state index contributed by atoms with van der Waals surface area (Å²) in [6.45, 7) is 2.99. The summed E-state index contributed by atoms with van der Waals surface area (Å²) in [5, 5.41) is 11.7. The van der Waals surface area contributed by atoms with Crippen molar-refractivity contribution in [3.8, 4) is 5.88 Å². The van der Waals surface area contributed by atoms with E-state index in [1.165, 1.54) is 5.56 Å². The molecule has 0 bridgehead atoms. The molecule has 4 heteroatoms. The highest BCUT2D eigenvalue weighted by molar-refractivity contribution is 5.20. The molecule has 100 valence electrons. The summed E-state index contributed by atoms with van der Waals surface area (Å²) >= 11 is 0. The average molecular weight is 257 g/mol. The molecule has 19 heavy (non-hydrogen) atoms. The lowest BCUT2D eigenvalue weighted by atomic mass is 10.0. The van der Waals surface area contributed by atoms with E-state index in [4.69, 9.17) is 4.74 Å². The molecule has 0 aliphatic rings. The first-order valence-electron chi connectivity index (χ1n) is 6.48. The smallest absolute Gasteiger partial charge is 0.233 e. The van der Waals surface area contributed by atoms with Crippen LogP contribution in [0.2, 0.25) is 0 Å². The van der Waals surface area contributed by atoms with Gasteiger partial charge in [0, 0.05) is 6.07 Å². The summed E-state index contributed by atoms with van der Waals surface area (Å²) in [5.41, 5.74) is 2.22. The minimum Gasteiger partial charge on any atom is -0.480 e. The maximum absolute atomic E-state index is 5.03. The minimum absolute atomic E-state index is 0.172. The van der Waals surface area contributed by atoms with Crippen LogP contribution in [0.1, 0.15) is 24.2 Å². The molecule has 0 saturated heterocycles. The van der Waals surface area contributed by atoms with Gasteiger partial charge in [0.1, 0.15) is 0 Å². The maximum atomic E-state index is 5.03. The van der Waals surface area contributed by atoms with Crippen LogP contribution in [0.5, 0.6) is 5.88 Å². The van der Waals surface area contributed by atoms with Gasteiger partial charge in [0.25, 0.3) is 0 Å². The number of nitrogens with zero attached hydrogens (tertiary/aromatic N) is 2. The summed E-state index contributed by atoms with van der Waals surface area (Å²) in [7, 11) is 1.59. The molecular formula is C15H19N3O. The van der Waals surface area contributed by atoms with Crippen LogP contribution in [0.25, 0.3) is 0 Å². The van der Waals surface area contributed by atoms with Gasteiger partial charge in [-0.2, -0.15) is 5.10 Å². The fourth-order valence-corrected chi connectivity index (χ4v) is 2.00. The van der Waals surface area contributed by atoms with Crippen molar-refractivity contribution in [2.24, 2.45) is 0 Å². The number of nitrogens with one attached hydrogen (secondary N) is 1. The zero-order chi connectivity index (χ0) is 13.5. The Bertz CT molecular complexity index is 485. The molecule has 1 unspecified atom stereocenters. The molecule has 0 saturated carbocycles. The van der Waals surface area contributed by atoms with E-state index in [0.717, 1.165) is 18.7 Å². The van der Waals surface area contributed by atoms with Gasteiger partial charge in [0.15, 0.2) is 0 Å². The van der Waals surface area contributed by atoms with Crippen LogP contribution < -0.4 is 10.1 Å². The van der Waals surface area contributed by atoms with E-state index in [1.807, 2.05) is 18.2 Å². The Hall–Kier alpha value is -1.94. The van der Waals surface area contributed by atoms with Crippen LogP contribution >= 0.6 is 0 Å². The predicted octanol–water partition coefficient (Wildman–Crippen LogP) is 2.38. The van der Waals surface area contributed by atoms with Crippen LogP contribution in [0, 0.1) is 0 Å². The van der Waals surface area contributed by atoms with Crippen LogP contribution in [0.15, 0.2) is 42.5 Å². The van der Waals surface area contributed by atoms with Gasteiger partial charge in [-0.25, -0.2) is 0 Å². The van der Waals surface area contributed by atoms with E-state index in [-0.39, 0.29) is 6.04 Å². The lowest BCUT2D eigenvalue weighted by Gasteiger charge is -2.17.